The van der Waals surface area contributed by atoms with Crippen LogP contribution in [0.15, 0.2) is 30.3 Å². The molecule has 0 saturated carbocycles. The molecule has 1 atom stereocenters. The molecule has 1 rings (SSSR count). The fourth-order valence-corrected chi connectivity index (χ4v) is 1.62. The van der Waals surface area contributed by atoms with Crippen LogP contribution in [0.5, 0.6) is 0 Å². The first-order chi connectivity index (χ1) is 6.47. The topological polar surface area (TPSA) is 32.3 Å². The Labute approximate surface area is 86.0 Å². The average Bonchev–Trinajstić information content (AvgIpc) is 2.02. The Kier molecular flexibility index (Phi) is 3.53. The average molecular weight is 193 g/mol. The number of hydrogen-bond donors (Lipinski definition) is 2. The van der Waals surface area contributed by atoms with Crippen molar-refractivity contribution in [2.45, 2.75) is 38.8 Å². The lowest BCUT2D eigenvalue weighted by atomic mass is 10.0. The highest BCUT2D eigenvalue weighted by Crippen LogP contribution is 2.14. The van der Waals surface area contributed by atoms with Crippen LogP contribution in [-0.2, 0) is 0 Å². The van der Waals surface area contributed by atoms with Crippen molar-refractivity contribution < 1.29 is 5.11 Å². The largest absolute Gasteiger partial charge is 0.390 e. The van der Waals surface area contributed by atoms with Gasteiger partial charge in [0.05, 0.1) is 5.60 Å². The zero-order valence-electron chi connectivity index (χ0n) is 9.12. The summed E-state index contributed by atoms with van der Waals surface area (Å²) in [6, 6.07) is 10.3. The molecule has 0 aliphatic carbocycles. The molecule has 0 aliphatic heterocycles. The van der Waals surface area contributed by atoms with Crippen LogP contribution < -0.4 is 5.32 Å². The SMILES string of the molecule is C[C@H](CC(C)(C)O)Nc1ccccc1. The summed E-state index contributed by atoms with van der Waals surface area (Å²) >= 11 is 0. The van der Waals surface area contributed by atoms with Crippen LogP contribution in [0.1, 0.15) is 27.2 Å². The first-order valence-corrected chi connectivity index (χ1v) is 5.01. The van der Waals surface area contributed by atoms with Crippen molar-refractivity contribution >= 4 is 5.69 Å². The standard InChI is InChI=1S/C12H19NO/c1-10(9-12(2,3)14)13-11-7-5-4-6-8-11/h4-8,10,13-14H,9H2,1-3H3/t10-/m1/s1. The van der Waals surface area contributed by atoms with Gasteiger partial charge < -0.3 is 10.4 Å². The normalized spacial score (nSPS) is 13.7. The molecule has 0 aromatic heterocycles. The van der Waals surface area contributed by atoms with E-state index in [0.717, 1.165) is 12.1 Å². The predicted octanol–water partition coefficient (Wildman–Crippen LogP) is 2.65. The van der Waals surface area contributed by atoms with Gasteiger partial charge in [-0.1, -0.05) is 18.2 Å². The van der Waals surface area contributed by atoms with Gasteiger partial charge in [0.1, 0.15) is 0 Å². The summed E-state index contributed by atoms with van der Waals surface area (Å²) in [5.41, 5.74) is 0.491. The number of anilines is 1. The molecule has 0 unspecified atom stereocenters. The van der Waals surface area contributed by atoms with Crippen LogP contribution in [0, 0.1) is 0 Å². The summed E-state index contributed by atoms with van der Waals surface area (Å²) in [7, 11) is 0. The predicted molar refractivity (Wildman–Crippen MR) is 60.4 cm³/mol. The van der Waals surface area contributed by atoms with Gasteiger partial charge in [0.25, 0.3) is 0 Å². The molecule has 0 fully saturated rings. The van der Waals surface area contributed by atoms with Gasteiger partial charge in [0, 0.05) is 11.7 Å². The highest BCUT2D eigenvalue weighted by Gasteiger charge is 2.16. The minimum atomic E-state index is -0.610. The van der Waals surface area contributed by atoms with Crippen LogP contribution in [0.2, 0.25) is 0 Å². The fraction of sp³-hybridized carbons (Fsp3) is 0.500. The van der Waals surface area contributed by atoms with E-state index < -0.39 is 5.60 Å². The molecule has 78 valence electrons. The van der Waals surface area contributed by atoms with E-state index in [1.54, 1.807) is 0 Å². The van der Waals surface area contributed by atoms with Crippen LogP contribution in [-0.4, -0.2) is 16.7 Å². The van der Waals surface area contributed by atoms with Crippen molar-refractivity contribution in [1.82, 2.24) is 0 Å². The molecule has 0 heterocycles. The first kappa shape index (κ1) is 11.1. The van der Waals surface area contributed by atoms with Gasteiger partial charge in [-0.3, -0.25) is 0 Å². The maximum absolute atomic E-state index is 9.63. The summed E-state index contributed by atoms with van der Waals surface area (Å²) in [6.07, 6.45) is 0.738. The van der Waals surface area contributed by atoms with Gasteiger partial charge in [-0.05, 0) is 39.3 Å². The third-order valence-corrected chi connectivity index (χ3v) is 1.99. The van der Waals surface area contributed by atoms with Crippen molar-refractivity contribution in [2.75, 3.05) is 5.32 Å². The Morgan fingerprint density at radius 2 is 1.86 bits per heavy atom. The lowest BCUT2D eigenvalue weighted by molar-refractivity contribution is 0.0673. The van der Waals surface area contributed by atoms with E-state index in [-0.39, 0.29) is 6.04 Å². The first-order valence-electron chi connectivity index (χ1n) is 5.01. The Balaban J connectivity index is 2.46. The van der Waals surface area contributed by atoms with E-state index >= 15 is 0 Å². The molecular weight excluding hydrogens is 174 g/mol. The minimum Gasteiger partial charge on any atom is -0.390 e. The summed E-state index contributed by atoms with van der Waals surface area (Å²) < 4.78 is 0. The Morgan fingerprint density at radius 3 is 2.36 bits per heavy atom. The monoisotopic (exact) mass is 193 g/mol. The second-order valence-corrected chi connectivity index (χ2v) is 4.43. The lowest BCUT2D eigenvalue weighted by Crippen LogP contribution is -2.29. The highest BCUT2D eigenvalue weighted by molar-refractivity contribution is 5.43. The molecule has 14 heavy (non-hydrogen) atoms. The molecule has 2 N–H and O–H groups in total. The zero-order chi connectivity index (χ0) is 10.6. The quantitative estimate of drug-likeness (QED) is 0.770. The molecule has 1 aromatic carbocycles. The van der Waals surface area contributed by atoms with Crippen LogP contribution in [0.3, 0.4) is 0 Å². The molecule has 1 aromatic rings. The highest BCUT2D eigenvalue weighted by atomic mass is 16.3. The fourth-order valence-electron chi connectivity index (χ4n) is 1.62. The summed E-state index contributed by atoms with van der Waals surface area (Å²) in [6.45, 7) is 5.73. The number of para-hydroxylation sites is 1. The van der Waals surface area contributed by atoms with E-state index in [1.807, 2.05) is 44.2 Å². The Bertz CT molecular complexity index is 263. The van der Waals surface area contributed by atoms with E-state index in [0.29, 0.717) is 0 Å². The number of aliphatic hydroxyl groups is 1. The van der Waals surface area contributed by atoms with Crippen molar-refractivity contribution in [1.29, 1.82) is 0 Å². The van der Waals surface area contributed by atoms with Crippen LogP contribution in [0.4, 0.5) is 5.69 Å². The molecule has 2 nitrogen and oxygen atoms in total. The van der Waals surface area contributed by atoms with Crippen LogP contribution in [0.25, 0.3) is 0 Å². The summed E-state index contributed by atoms with van der Waals surface area (Å²) in [5.74, 6) is 0. The number of hydrogen-bond acceptors (Lipinski definition) is 2. The Morgan fingerprint density at radius 1 is 1.29 bits per heavy atom. The molecule has 2 heteroatoms. The molecule has 0 spiro atoms. The van der Waals surface area contributed by atoms with Gasteiger partial charge in [-0.2, -0.15) is 0 Å². The third kappa shape index (κ3) is 4.28. The number of benzene rings is 1. The van der Waals surface area contributed by atoms with Crippen LogP contribution >= 0.6 is 0 Å². The van der Waals surface area contributed by atoms with Crippen molar-refractivity contribution in [3.8, 4) is 0 Å². The second kappa shape index (κ2) is 4.47. The van der Waals surface area contributed by atoms with Gasteiger partial charge in [0.15, 0.2) is 0 Å². The molecule has 0 bridgehead atoms. The number of nitrogens with one attached hydrogen (secondary N) is 1. The van der Waals surface area contributed by atoms with Crippen molar-refractivity contribution in [3.05, 3.63) is 30.3 Å². The molecular formula is C12H19NO. The van der Waals surface area contributed by atoms with Gasteiger partial charge in [-0.15, -0.1) is 0 Å². The number of rotatable bonds is 4. The Hall–Kier alpha value is -1.02. The lowest BCUT2D eigenvalue weighted by Gasteiger charge is -2.23. The molecule has 0 saturated heterocycles. The molecule has 0 radical (unpaired) electrons. The smallest absolute Gasteiger partial charge is 0.0611 e. The van der Waals surface area contributed by atoms with Gasteiger partial charge >= 0.3 is 0 Å². The maximum Gasteiger partial charge on any atom is 0.0611 e. The third-order valence-electron chi connectivity index (χ3n) is 1.99. The second-order valence-electron chi connectivity index (χ2n) is 4.43. The van der Waals surface area contributed by atoms with Gasteiger partial charge in [-0.25, -0.2) is 0 Å². The summed E-state index contributed by atoms with van der Waals surface area (Å²) in [4.78, 5) is 0. The van der Waals surface area contributed by atoms with E-state index in [9.17, 15) is 5.11 Å². The van der Waals surface area contributed by atoms with E-state index in [1.165, 1.54) is 0 Å². The van der Waals surface area contributed by atoms with Crippen molar-refractivity contribution in [3.63, 3.8) is 0 Å². The zero-order valence-corrected chi connectivity index (χ0v) is 9.12. The van der Waals surface area contributed by atoms with Crippen molar-refractivity contribution in [2.24, 2.45) is 0 Å². The molecule has 0 aliphatic rings. The van der Waals surface area contributed by atoms with E-state index in [2.05, 4.69) is 12.2 Å². The summed E-state index contributed by atoms with van der Waals surface area (Å²) in [5, 5.41) is 13.0. The van der Waals surface area contributed by atoms with Gasteiger partial charge in [0.2, 0.25) is 0 Å². The maximum atomic E-state index is 9.63. The van der Waals surface area contributed by atoms with E-state index in [4.69, 9.17) is 0 Å². The minimum absolute atomic E-state index is 0.275. The molecule has 0 amide bonds.